The Hall–Kier alpha value is -1.13. The molecule has 1 aromatic rings. The van der Waals surface area contributed by atoms with Gasteiger partial charge in [-0.15, -0.1) is 0 Å². The summed E-state index contributed by atoms with van der Waals surface area (Å²) in [5, 5.41) is 12.9. The van der Waals surface area contributed by atoms with E-state index < -0.39 is 6.10 Å². The van der Waals surface area contributed by atoms with Crippen molar-refractivity contribution in [3.05, 3.63) is 24.0 Å². The van der Waals surface area contributed by atoms with E-state index in [0.29, 0.717) is 24.7 Å². The molecule has 0 radical (unpaired) electrons. The van der Waals surface area contributed by atoms with Gasteiger partial charge in [-0.2, -0.15) is 0 Å². The van der Waals surface area contributed by atoms with Gasteiger partial charge in [0.1, 0.15) is 0 Å². The van der Waals surface area contributed by atoms with Gasteiger partial charge in [-0.25, -0.2) is 0 Å². The summed E-state index contributed by atoms with van der Waals surface area (Å²) in [5.41, 5.74) is 7.34. The van der Waals surface area contributed by atoms with Crippen LogP contribution in [0.2, 0.25) is 0 Å². The normalized spacial score (nSPS) is 13.1. The van der Waals surface area contributed by atoms with E-state index in [4.69, 9.17) is 5.73 Å². The van der Waals surface area contributed by atoms with Gasteiger partial charge in [0.15, 0.2) is 0 Å². The van der Waals surface area contributed by atoms with E-state index in [9.17, 15) is 5.11 Å². The van der Waals surface area contributed by atoms with Crippen molar-refractivity contribution in [1.82, 2.24) is 10.3 Å². The van der Waals surface area contributed by atoms with E-state index in [1.165, 1.54) is 0 Å². The van der Waals surface area contributed by atoms with Crippen LogP contribution in [0.1, 0.15) is 19.4 Å². The third-order valence-corrected chi connectivity index (χ3v) is 2.16. The van der Waals surface area contributed by atoms with Crippen molar-refractivity contribution in [3.63, 3.8) is 0 Å². The highest BCUT2D eigenvalue weighted by atomic mass is 16.3. The summed E-state index contributed by atoms with van der Waals surface area (Å²) in [4.78, 5) is 3.98. The molecule has 1 rings (SSSR count). The molecule has 0 bridgehead atoms. The maximum Gasteiger partial charge on any atom is 0.0706 e. The van der Waals surface area contributed by atoms with Crippen molar-refractivity contribution in [2.75, 3.05) is 12.3 Å². The van der Waals surface area contributed by atoms with Crippen LogP contribution in [0.15, 0.2) is 18.5 Å². The van der Waals surface area contributed by atoms with Crippen LogP contribution in [-0.2, 0) is 6.42 Å². The highest BCUT2D eigenvalue weighted by Gasteiger charge is 2.08. The number of aromatic nitrogens is 1. The van der Waals surface area contributed by atoms with Crippen molar-refractivity contribution in [1.29, 1.82) is 0 Å². The van der Waals surface area contributed by atoms with Crippen molar-refractivity contribution in [2.45, 2.75) is 32.4 Å². The summed E-state index contributed by atoms with van der Waals surface area (Å²) in [5.74, 6) is 0. The first-order chi connectivity index (χ1) is 7.09. The molecule has 0 aromatic carbocycles. The molecule has 1 heterocycles. The van der Waals surface area contributed by atoms with E-state index >= 15 is 0 Å². The third-order valence-electron chi connectivity index (χ3n) is 2.16. The maximum absolute atomic E-state index is 9.73. The van der Waals surface area contributed by atoms with Crippen LogP contribution in [0.25, 0.3) is 0 Å². The lowest BCUT2D eigenvalue weighted by atomic mass is 10.1. The van der Waals surface area contributed by atoms with E-state index in [0.717, 1.165) is 5.56 Å². The Morgan fingerprint density at radius 3 is 2.87 bits per heavy atom. The Labute approximate surface area is 90.5 Å². The molecule has 4 heteroatoms. The van der Waals surface area contributed by atoms with Crippen LogP contribution in [0, 0.1) is 0 Å². The number of nitrogens with one attached hydrogen (secondary N) is 1. The number of hydrogen-bond acceptors (Lipinski definition) is 4. The Balaban J connectivity index is 2.44. The highest BCUT2D eigenvalue weighted by molar-refractivity contribution is 5.44. The van der Waals surface area contributed by atoms with E-state index in [1.807, 2.05) is 13.8 Å². The van der Waals surface area contributed by atoms with Gasteiger partial charge < -0.3 is 16.2 Å². The molecular formula is C11H19N3O. The first-order valence-electron chi connectivity index (χ1n) is 5.19. The number of nitrogens with zero attached hydrogens (tertiary/aromatic N) is 1. The van der Waals surface area contributed by atoms with Crippen molar-refractivity contribution in [3.8, 4) is 0 Å². The van der Waals surface area contributed by atoms with Crippen LogP contribution < -0.4 is 11.1 Å². The third kappa shape index (κ3) is 4.27. The minimum Gasteiger partial charge on any atom is -0.398 e. The lowest BCUT2D eigenvalue weighted by Gasteiger charge is -2.14. The number of nitrogen functional groups attached to an aromatic ring is 1. The molecule has 0 amide bonds. The minimum absolute atomic E-state index is 0.380. The molecule has 1 unspecified atom stereocenters. The van der Waals surface area contributed by atoms with Crippen molar-refractivity contribution in [2.24, 2.45) is 0 Å². The van der Waals surface area contributed by atoms with Gasteiger partial charge in [0, 0.05) is 37.1 Å². The molecule has 0 fully saturated rings. The van der Waals surface area contributed by atoms with Crippen LogP contribution in [0.4, 0.5) is 5.69 Å². The highest BCUT2D eigenvalue weighted by Crippen LogP contribution is 2.10. The molecule has 1 aromatic heterocycles. The molecule has 15 heavy (non-hydrogen) atoms. The SMILES string of the molecule is CC(C)NCC(O)Cc1cnccc1N. The summed E-state index contributed by atoms with van der Waals surface area (Å²) < 4.78 is 0. The second-order valence-electron chi connectivity index (χ2n) is 4.00. The zero-order valence-electron chi connectivity index (χ0n) is 9.27. The van der Waals surface area contributed by atoms with Gasteiger partial charge in [-0.1, -0.05) is 13.8 Å². The Morgan fingerprint density at radius 1 is 1.53 bits per heavy atom. The number of pyridine rings is 1. The Morgan fingerprint density at radius 2 is 2.27 bits per heavy atom. The van der Waals surface area contributed by atoms with Crippen molar-refractivity contribution >= 4 is 5.69 Å². The van der Waals surface area contributed by atoms with E-state index in [-0.39, 0.29) is 0 Å². The van der Waals surface area contributed by atoms with Crippen molar-refractivity contribution < 1.29 is 5.11 Å². The number of aliphatic hydroxyl groups excluding tert-OH is 1. The molecule has 0 aliphatic heterocycles. The fourth-order valence-electron chi connectivity index (χ4n) is 1.31. The van der Waals surface area contributed by atoms with E-state index in [2.05, 4.69) is 10.3 Å². The molecule has 0 aliphatic carbocycles. The van der Waals surface area contributed by atoms with Gasteiger partial charge >= 0.3 is 0 Å². The van der Waals surface area contributed by atoms with Gasteiger partial charge in [-0.3, -0.25) is 4.98 Å². The average Bonchev–Trinajstić information content (AvgIpc) is 2.18. The van der Waals surface area contributed by atoms with Crippen LogP contribution in [-0.4, -0.2) is 28.8 Å². The van der Waals surface area contributed by atoms with Gasteiger partial charge in [-0.05, 0) is 11.6 Å². The summed E-state index contributed by atoms with van der Waals surface area (Å²) in [6.07, 6.45) is 3.48. The lowest BCUT2D eigenvalue weighted by Crippen LogP contribution is -2.33. The maximum atomic E-state index is 9.73. The molecule has 0 saturated heterocycles. The van der Waals surface area contributed by atoms with Crippen LogP contribution in [0.5, 0.6) is 0 Å². The number of nitrogens with two attached hydrogens (primary N) is 1. The fourth-order valence-corrected chi connectivity index (χ4v) is 1.31. The lowest BCUT2D eigenvalue weighted by molar-refractivity contribution is 0.169. The molecule has 4 nitrogen and oxygen atoms in total. The quantitative estimate of drug-likeness (QED) is 0.663. The predicted molar refractivity (Wildman–Crippen MR) is 61.5 cm³/mol. The molecule has 0 saturated carbocycles. The van der Waals surface area contributed by atoms with E-state index in [1.54, 1.807) is 18.5 Å². The van der Waals surface area contributed by atoms with Crippen LogP contribution >= 0.6 is 0 Å². The van der Waals surface area contributed by atoms with Gasteiger partial charge in [0.2, 0.25) is 0 Å². The topological polar surface area (TPSA) is 71.2 Å². The second kappa shape index (κ2) is 5.68. The Kier molecular flexibility index (Phi) is 4.52. The average molecular weight is 209 g/mol. The summed E-state index contributed by atoms with van der Waals surface area (Å²) in [7, 11) is 0. The van der Waals surface area contributed by atoms with Gasteiger partial charge in [0.05, 0.1) is 6.10 Å². The monoisotopic (exact) mass is 209 g/mol. The second-order valence-corrected chi connectivity index (χ2v) is 4.00. The number of anilines is 1. The van der Waals surface area contributed by atoms with Gasteiger partial charge in [0.25, 0.3) is 0 Å². The zero-order chi connectivity index (χ0) is 11.3. The van der Waals surface area contributed by atoms with Crippen LogP contribution in [0.3, 0.4) is 0 Å². The first-order valence-corrected chi connectivity index (χ1v) is 5.19. The minimum atomic E-state index is -0.418. The standard InChI is InChI=1S/C11H19N3O/c1-8(2)14-7-10(15)5-9-6-13-4-3-11(9)12/h3-4,6,8,10,14-15H,5,7H2,1-2H3,(H2,12,13). The zero-order valence-corrected chi connectivity index (χ0v) is 9.27. The Bertz CT molecular complexity index is 302. The molecule has 0 spiro atoms. The fraction of sp³-hybridized carbons (Fsp3) is 0.545. The number of aliphatic hydroxyl groups is 1. The summed E-state index contributed by atoms with van der Waals surface area (Å²) in [6.45, 7) is 4.67. The molecule has 0 aliphatic rings. The summed E-state index contributed by atoms with van der Waals surface area (Å²) >= 11 is 0. The molecule has 84 valence electrons. The smallest absolute Gasteiger partial charge is 0.0706 e. The molecular weight excluding hydrogens is 190 g/mol. The number of hydrogen-bond donors (Lipinski definition) is 3. The largest absolute Gasteiger partial charge is 0.398 e. The first kappa shape index (κ1) is 11.9. The summed E-state index contributed by atoms with van der Waals surface area (Å²) in [6, 6.07) is 2.13. The molecule has 1 atom stereocenters. The predicted octanol–water partition coefficient (Wildman–Crippen LogP) is 0.565. The number of rotatable bonds is 5. The molecule has 4 N–H and O–H groups in total.